The number of hydrogen-bond acceptors (Lipinski definition) is 7. The number of ketones is 1. The summed E-state index contributed by atoms with van der Waals surface area (Å²) in [5.74, 6) is 2.13. The maximum absolute atomic E-state index is 13.4. The van der Waals surface area contributed by atoms with Crippen molar-refractivity contribution in [3.63, 3.8) is 0 Å². The van der Waals surface area contributed by atoms with Crippen molar-refractivity contribution in [2.75, 3.05) is 19.8 Å². The molecule has 0 aromatic heterocycles. The fourth-order valence-electron chi connectivity index (χ4n) is 9.57. The van der Waals surface area contributed by atoms with E-state index in [-0.39, 0.29) is 48.0 Å². The van der Waals surface area contributed by atoms with Crippen LogP contribution in [0, 0.1) is 34.5 Å². The molecule has 1 aliphatic heterocycles. The molecule has 0 aromatic carbocycles. The molecule has 0 spiro atoms. The number of alkyl halides is 1. The van der Waals surface area contributed by atoms with E-state index in [9.17, 15) is 18.8 Å². The maximum atomic E-state index is 13.4. The number of hydrogen-bond donors (Lipinski definition) is 1. The number of esters is 1. The Labute approximate surface area is 250 Å². The van der Waals surface area contributed by atoms with Crippen LogP contribution in [0.25, 0.3) is 0 Å². The van der Waals surface area contributed by atoms with Crippen molar-refractivity contribution in [1.29, 1.82) is 0 Å². The van der Waals surface area contributed by atoms with Gasteiger partial charge < -0.3 is 9.64 Å². The van der Waals surface area contributed by atoms with E-state index in [1.165, 1.54) is 10.5 Å². The van der Waals surface area contributed by atoms with Crippen LogP contribution in [0.2, 0.25) is 0 Å². The van der Waals surface area contributed by atoms with Crippen molar-refractivity contribution in [1.82, 2.24) is 10.2 Å². The number of ether oxygens (including phenoxy) is 1. The third kappa shape index (κ3) is 5.91. The van der Waals surface area contributed by atoms with Crippen molar-refractivity contribution in [3.05, 3.63) is 11.6 Å². The van der Waals surface area contributed by atoms with Crippen LogP contribution in [0.1, 0.15) is 98.8 Å². The van der Waals surface area contributed by atoms with E-state index in [1.807, 2.05) is 26.8 Å². The molecule has 5 rings (SSSR count). The zero-order valence-electron chi connectivity index (χ0n) is 26.1. The molecule has 4 fully saturated rings. The molecule has 4 aliphatic carbocycles. The van der Waals surface area contributed by atoms with Gasteiger partial charge in [0, 0.05) is 24.9 Å². The van der Waals surface area contributed by atoms with Crippen molar-refractivity contribution in [3.8, 4) is 0 Å². The largest absolute Gasteiger partial charge is 0.462 e. The molecule has 0 bridgehead atoms. The Morgan fingerprint density at radius 1 is 1.10 bits per heavy atom. The fourth-order valence-corrected chi connectivity index (χ4v) is 9.57. The number of carbonyl (C=O) groups is 3. The second-order valence-electron chi connectivity index (χ2n) is 14.3. The Morgan fingerprint density at radius 2 is 1.88 bits per heavy atom. The lowest BCUT2D eigenvalue weighted by Crippen LogP contribution is -2.51. The molecule has 8 nitrogen and oxygen atoms in total. The second-order valence-corrected chi connectivity index (χ2v) is 14.3. The first kappa shape index (κ1) is 31.1. The highest BCUT2D eigenvalue weighted by Gasteiger charge is 2.59. The molecule has 1 saturated heterocycles. The first-order valence-corrected chi connectivity index (χ1v) is 16.2. The van der Waals surface area contributed by atoms with Crippen molar-refractivity contribution in [2.24, 2.45) is 39.7 Å². The van der Waals surface area contributed by atoms with Gasteiger partial charge in [-0.15, -0.1) is 0 Å². The summed E-state index contributed by atoms with van der Waals surface area (Å²) in [6.45, 7) is 9.89. The van der Waals surface area contributed by atoms with E-state index in [4.69, 9.17) is 9.57 Å². The van der Waals surface area contributed by atoms with Crippen LogP contribution in [0.15, 0.2) is 16.8 Å². The third-order valence-electron chi connectivity index (χ3n) is 11.7. The smallest absolute Gasteiger partial charge is 0.436 e. The molecule has 0 aromatic rings. The van der Waals surface area contributed by atoms with E-state index in [2.05, 4.69) is 24.3 Å². The minimum atomic E-state index is -0.682. The van der Waals surface area contributed by atoms with Gasteiger partial charge in [0.05, 0.1) is 18.4 Å². The zero-order chi connectivity index (χ0) is 30.2. The number of nitrogens with one attached hydrogen (secondary N) is 1. The quantitative estimate of drug-likeness (QED) is 0.162. The molecule has 0 radical (unpaired) electrons. The summed E-state index contributed by atoms with van der Waals surface area (Å²) in [5.41, 5.74) is 2.49. The lowest BCUT2D eigenvalue weighted by Gasteiger charge is -2.58. The van der Waals surface area contributed by atoms with Crippen LogP contribution in [0.5, 0.6) is 0 Å². The van der Waals surface area contributed by atoms with Crippen LogP contribution in [-0.2, 0) is 19.2 Å². The van der Waals surface area contributed by atoms with E-state index in [0.717, 1.165) is 50.7 Å². The summed E-state index contributed by atoms with van der Waals surface area (Å²) in [7, 11) is 0. The number of halogens is 1. The highest BCUT2D eigenvalue weighted by molar-refractivity contribution is 5.91. The Balaban J connectivity index is 1.20. The van der Waals surface area contributed by atoms with Crippen molar-refractivity contribution < 1.29 is 28.3 Å². The SMILES string of the molecule is C/C(=N\OC(=O)N(CCF)CC1CCC(C(=O)OC(C)C)N1)[C@H]1CC[C@H]2[C@@H]3CCC4=CC(=O)CC[C@]4(C)[C@H]3CC[C@]12C. The van der Waals surface area contributed by atoms with Gasteiger partial charge >= 0.3 is 12.1 Å². The predicted octanol–water partition coefficient (Wildman–Crippen LogP) is 5.99. The number of fused-ring (bicyclic) bond motifs is 5. The summed E-state index contributed by atoms with van der Waals surface area (Å²) < 4.78 is 18.7. The normalized spacial score (nSPS) is 37.9. The van der Waals surface area contributed by atoms with Crippen LogP contribution in [0.3, 0.4) is 0 Å². The molecule has 5 aliphatic rings. The Kier molecular flexibility index (Phi) is 9.17. The van der Waals surface area contributed by atoms with Crippen LogP contribution in [0.4, 0.5) is 9.18 Å². The highest BCUT2D eigenvalue weighted by Crippen LogP contribution is 2.66. The number of rotatable bonds is 8. The van der Waals surface area contributed by atoms with Crippen LogP contribution >= 0.6 is 0 Å². The highest BCUT2D eigenvalue weighted by atomic mass is 19.1. The fraction of sp³-hybridized carbons (Fsp3) is 0.818. The van der Waals surface area contributed by atoms with Gasteiger partial charge in [-0.05, 0) is 113 Å². The summed E-state index contributed by atoms with van der Waals surface area (Å²) in [5, 5.41) is 7.58. The van der Waals surface area contributed by atoms with Gasteiger partial charge in [-0.3, -0.25) is 19.7 Å². The Hall–Kier alpha value is -2.29. The minimum absolute atomic E-state index is 0.0836. The first-order chi connectivity index (χ1) is 20.0. The van der Waals surface area contributed by atoms with Crippen LogP contribution in [-0.4, -0.2) is 66.4 Å². The monoisotopic (exact) mass is 587 g/mol. The Bertz CT molecular complexity index is 1120. The summed E-state index contributed by atoms with van der Waals surface area (Å²) in [4.78, 5) is 44.2. The van der Waals surface area contributed by atoms with E-state index in [1.54, 1.807) is 0 Å². The predicted molar refractivity (Wildman–Crippen MR) is 159 cm³/mol. The topological polar surface area (TPSA) is 97.3 Å². The number of carbonyl (C=O) groups excluding carboxylic acids is 3. The maximum Gasteiger partial charge on any atom is 0.436 e. The van der Waals surface area contributed by atoms with Gasteiger partial charge in [-0.25, -0.2) is 9.18 Å². The van der Waals surface area contributed by atoms with E-state index < -0.39 is 18.8 Å². The molecule has 9 heteroatoms. The standard InChI is InChI=1S/C33H50FN3O5/c1-20(2)41-30(39)29-11-7-23(35-29)19-37(17-16-34)31(40)42-36-21(3)26-9-10-27-25-8-6-22-18-24(38)12-14-32(22,4)28(25)13-15-33(26,27)5/h18,20,23,25-29,35H,6-17,19H2,1-5H3/b36-21+/t23?,25-,26+,27-,28-,29?,32-,33+/m0/s1. The molecule has 3 saturated carbocycles. The van der Waals surface area contributed by atoms with Gasteiger partial charge in [-0.1, -0.05) is 24.6 Å². The molecule has 1 N–H and O–H groups in total. The number of oxime groups is 1. The van der Waals surface area contributed by atoms with E-state index >= 15 is 0 Å². The zero-order valence-corrected chi connectivity index (χ0v) is 26.1. The van der Waals surface area contributed by atoms with E-state index in [0.29, 0.717) is 42.8 Å². The molecule has 1 heterocycles. The molecule has 1 amide bonds. The molecule has 234 valence electrons. The summed E-state index contributed by atoms with van der Waals surface area (Å²) >= 11 is 0. The average Bonchev–Trinajstić information content (AvgIpc) is 3.55. The number of nitrogens with zero attached hydrogens (tertiary/aromatic N) is 2. The van der Waals surface area contributed by atoms with Crippen molar-refractivity contribution >= 4 is 23.6 Å². The van der Waals surface area contributed by atoms with Gasteiger partial charge in [0.15, 0.2) is 5.78 Å². The summed E-state index contributed by atoms with van der Waals surface area (Å²) in [6.07, 6.45) is 10.7. The minimum Gasteiger partial charge on any atom is -0.462 e. The third-order valence-corrected chi connectivity index (χ3v) is 11.7. The second kappa shape index (κ2) is 12.4. The molecule has 8 atom stereocenters. The van der Waals surface area contributed by atoms with Gasteiger partial charge in [0.1, 0.15) is 12.7 Å². The molecule has 42 heavy (non-hydrogen) atoms. The number of amides is 1. The average molecular weight is 588 g/mol. The molecular weight excluding hydrogens is 537 g/mol. The van der Waals surface area contributed by atoms with Crippen molar-refractivity contribution in [2.45, 2.75) is 117 Å². The van der Waals surface area contributed by atoms with Crippen LogP contribution < -0.4 is 5.32 Å². The lowest BCUT2D eigenvalue weighted by atomic mass is 9.46. The first-order valence-electron chi connectivity index (χ1n) is 16.2. The number of allylic oxidation sites excluding steroid dienone is 1. The Morgan fingerprint density at radius 3 is 2.62 bits per heavy atom. The molecule has 2 unspecified atom stereocenters. The van der Waals surface area contributed by atoms with Gasteiger partial charge in [0.25, 0.3) is 0 Å². The molecular formula is C33H50FN3O5. The van der Waals surface area contributed by atoms with Gasteiger partial charge in [0.2, 0.25) is 0 Å². The summed E-state index contributed by atoms with van der Waals surface area (Å²) in [6, 6.07) is -0.555. The van der Waals surface area contributed by atoms with Gasteiger partial charge in [-0.2, -0.15) is 0 Å². The lowest BCUT2D eigenvalue weighted by molar-refractivity contribution is -0.149.